The zero-order valence-electron chi connectivity index (χ0n) is 13.2. The molecule has 2 fully saturated rings. The molecule has 0 radical (unpaired) electrons. The molecule has 1 saturated heterocycles. The first-order valence-corrected chi connectivity index (χ1v) is 7.45. The number of methoxy groups -OCH3 is 1. The van der Waals surface area contributed by atoms with Gasteiger partial charge in [0.15, 0.2) is 5.79 Å². The van der Waals surface area contributed by atoms with Gasteiger partial charge >= 0.3 is 0 Å². The molecular weight excluding hydrogens is 228 g/mol. The molecule has 0 aromatic carbocycles. The van der Waals surface area contributed by atoms with Crippen LogP contribution in [0.5, 0.6) is 0 Å². The minimum Gasteiger partial charge on any atom is -0.384 e. The molecule has 110 valence electrons. The normalized spacial score (nSPS) is 23.7. The van der Waals surface area contributed by atoms with Crippen LogP contribution in [0.4, 0.5) is 0 Å². The summed E-state index contributed by atoms with van der Waals surface area (Å²) in [5.41, 5.74) is 0.329. The van der Waals surface area contributed by atoms with Crippen molar-refractivity contribution in [2.24, 2.45) is 5.41 Å². The SMILES string of the molecule is CC.CC.COCC1(C)CCC2(CC1)OCCO2. The molecule has 2 aliphatic rings. The van der Waals surface area contributed by atoms with Crippen LogP contribution in [0.15, 0.2) is 0 Å². The van der Waals surface area contributed by atoms with Crippen molar-refractivity contribution in [3.05, 3.63) is 0 Å². The second kappa shape index (κ2) is 8.89. The Kier molecular flexibility index (Phi) is 8.83. The molecule has 3 heteroatoms. The van der Waals surface area contributed by atoms with E-state index in [1.807, 2.05) is 27.7 Å². The average Bonchev–Trinajstić information content (AvgIpc) is 2.88. The Bertz CT molecular complexity index is 188. The molecule has 1 heterocycles. The highest BCUT2D eigenvalue weighted by Crippen LogP contribution is 2.44. The van der Waals surface area contributed by atoms with Crippen molar-refractivity contribution in [3.63, 3.8) is 0 Å². The zero-order valence-corrected chi connectivity index (χ0v) is 13.2. The summed E-state index contributed by atoms with van der Waals surface area (Å²) in [5, 5.41) is 0. The lowest BCUT2D eigenvalue weighted by Crippen LogP contribution is -2.40. The molecule has 2 rings (SSSR count). The average molecular weight is 260 g/mol. The first kappa shape index (κ1) is 17.9. The molecule has 3 nitrogen and oxygen atoms in total. The van der Waals surface area contributed by atoms with Crippen molar-refractivity contribution in [1.29, 1.82) is 0 Å². The topological polar surface area (TPSA) is 27.7 Å². The van der Waals surface area contributed by atoms with Crippen LogP contribution in [0.2, 0.25) is 0 Å². The van der Waals surface area contributed by atoms with E-state index in [-0.39, 0.29) is 5.79 Å². The van der Waals surface area contributed by atoms with Crippen molar-refractivity contribution in [2.75, 3.05) is 26.9 Å². The van der Waals surface area contributed by atoms with Gasteiger partial charge in [-0.1, -0.05) is 34.6 Å². The maximum atomic E-state index is 5.69. The predicted octanol–water partition coefficient (Wildman–Crippen LogP) is 4.01. The van der Waals surface area contributed by atoms with E-state index in [0.29, 0.717) is 5.41 Å². The van der Waals surface area contributed by atoms with Gasteiger partial charge < -0.3 is 14.2 Å². The lowest BCUT2D eigenvalue weighted by atomic mass is 9.74. The van der Waals surface area contributed by atoms with E-state index in [0.717, 1.165) is 45.5 Å². The first-order valence-electron chi connectivity index (χ1n) is 7.45. The highest BCUT2D eigenvalue weighted by atomic mass is 16.7. The van der Waals surface area contributed by atoms with Crippen LogP contribution >= 0.6 is 0 Å². The molecule has 0 N–H and O–H groups in total. The van der Waals surface area contributed by atoms with Crippen molar-refractivity contribution in [3.8, 4) is 0 Å². The Morgan fingerprint density at radius 3 is 1.72 bits per heavy atom. The van der Waals surface area contributed by atoms with Crippen LogP contribution in [-0.2, 0) is 14.2 Å². The summed E-state index contributed by atoms with van der Waals surface area (Å²) >= 11 is 0. The summed E-state index contributed by atoms with van der Waals surface area (Å²) in [6.07, 6.45) is 4.32. The fraction of sp³-hybridized carbons (Fsp3) is 1.00. The quantitative estimate of drug-likeness (QED) is 0.751. The molecule has 0 aromatic rings. The summed E-state index contributed by atoms with van der Waals surface area (Å²) in [7, 11) is 1.78. The summed E-state index contributed by atoms with van der Waals surface area (Å²) in [4.78, 5) is 0. The summed E-state index contributed by atoms with van der Waals surface area (Å²) in [5.74, 6) is -0.229. The van der Waals surface area contributed by atoms with E-state index in [9.17, 15) is 0 Å². The molecule has 1 aliphatic heterocycles. The van der Waals surface area contributed by atoms with Crippen LogP contribution in [-0.4, -0.2) is 32.7 Å². The smallest absolute Gasteiger partial charge is 0.168 e. The minimum absolute atomic E-state index is 0.229. The monoisotopic (exact) mass is 260 g/mol. The Morgan fingerprint density at radius 1 is 0.889 bits per heavy atom. The van der Waals surface area contributed by atoms with E-state index in [1.165, 1.54) is 0 Å². The standard InChI is InChI=1S/C11H20O3.2C2H6/c1-10(9-12-2)3-5-11(6-4-10)13-7-8-14-11;2*1-2/h3-9H2,1-2H3;2*1-2H3. The van der Waals surface area contributed by atoms with Gasteiger partial charge in [0.2, 0.25) is 0 Å². The van der Waals surface area contributed by atoms with Crippen LogP contribution < -0.4 is 0 Å². The maximum Gasteiger partial charge on any atom is 0.168 e. The van der Waals surface area contributed by atoms with Crippen LogP contribution in [0.1, 0.15) is 60.3 Å². The molecule has 0 unspecified atom stereocenters. The van der Waals surface area contributed by atoms with E-state index < -0.39 is 0 Å². The van der Waals surface area contributed by atoms with Gasteiger partial charge in [-0.05, 0) is 18.3 Å². The van der Waals surface area contributed by atoms with Crippen molar-refractivity contribution >= 4 is 0 Å². The Labute approximate surface area is 113 Å². The number of ether oxygens (including phenoxy) is 3. The predicted molar refractivity (Wildman–Crippen MR) is 75.8 cm³/mol. The molecule has 0 atom stereocenters. The van der Waals surface area contributed by atoms with Crippen LogP contribution in [0.3, 0.4) is 0 Å². The van der Waals surface area contributed by atoms with Gasteiger partial charge in [0, 0.05) is 20.0 Å². The van der Waals surface area contributed by atoms with Gasteiger partial charge in [-0.15, -0.1) is 0 Å². The molecule has 1 spiro atoms. The Hall–Kier alpha value is -0.120. The molecular formula is C15H32O3. The number of hydrogen-bond acceptors (Lipinski definition) is 3. The van der Waals surface area contributed by atoms with Gasteiger partial charge in [0.05, 0.1) is 19.8 Å². The van der Waals surface area contributed by atoms with Crippen molar-refractivity contribution in [1.82, 2.24) is 0 Å². The third-order valence-electron chi connectivity index (χ3n) is 3.53. The van der Waals surface area contributed by atoms with E-state index >= 15 is 0 Å². The summed E-state index contributed by atoms with van der Waals surface area (Å²) in [6, 6.07) is 0. The second-order valence-electron chi connectivity index (χ2n) is 4.85. The minimum atomic E-state index is -0.229. The Morgan fingerprint density at radius 2 is 1.33 bits per heavy atom. The highest BCUT2D eigenvalue weighted by molar-refractivity contribution is 4.88. The lowest BCUT2D eigenvalue weighted by molar-refractivity contribution is -0.193. The highest BCUT2D eigenvalue weighted by Gasteiger charge is 2.44. The van der Waals surface area contributed by atoms with Gasteiger partial charge in [0.1, 0.15) is 0 Å². The Balaban J connectivity index is 0.000000659. The van der Waals surface area contributed by atoms with Gasteiger partial charge in [-0.3, -0.25) is 0 Å². The first-order chi connectivity index (χ1) is 8.68. The second-order valence-corrected chi connectivity index (χ2v) is 4.85. The molecule has 1 aliphatic carbocycles. The largest absolute Gasteiger partial charge is 0.384 e. The fourth-order valence-electron chi connectivity index (χ4n) is 2.51. The zero-order chi connectivity index (χ0) is 14.1. The third-order valence-corrected chi connectivity index (χ3v) is 3.53. The molecule has 1 saturated carbocycles. The van der Waals surface area contributed by atoms with Gasteiger partial charge in [0.25, 0.3) is 0 Å². The third kappa shape index (κ3) is 4.87. The molecule has 0 aromatic heterocycles. The summed E-state index contributed by atoms with van der Waals surface area (Å²) in [6.45, 7) is 12.7. The lowest BCUT2D eigenvalue weighted by Gasteiger charge is -2.41. The summed E-state index contributed by atoms with van der Waals surface area (Å²) < 4.78 is 16.6. The van der Waals surface area contributed by atoms with Crippen LogP contribution in [0.25, 0.3) is 0 Å². The molecule has 0 amide bonds. The fourth-order valence-corrected chi connectivity index (χ4v) is 2.51. The van der Waals surface area contributed by atoms with Crippen molar-refractivity contribution in [2.45, 2.75) is 66.1 Å². The van der Waals surface area contributed by atoms with E-state index in [2.05, 4.69) is 6.92 Å². The number of rotatable bonds is 2. The van der Waals surface area contributed by atoms with Gasteiger partial charge in [-0.25, -0.2) is 0 Å². The molecule has 0 bridgehead atoms. The van der Waals surface area contributed by atoms with Gasteiger partial charge in [-0.2, -0.15) is 0 Å². The number of hydrogen-bond donors (Lipinski definition) is 0. The molecule has 18 heavy (non-hydrogen) atoms. The maximum absolute atomic E-state index is 5.69. The van der Waals surface area contributed by atoms with Crippen molar-refractivity contribution < 1.29 is 14.2 Å². The van der Waals surface area contributed by atoms with E-state index in [1.54, 1.807) is 7.11 Å². The van der Waals surface area contributed by atoms with Crippen LogP contribution in [0, 0.1) is 5.41 Å². The van der Waals surface area contributed by atoms with E-state index in [4.69, 9.17) is 14.2 Å².